The molecule has 2 heteroatoms. The maximum atomic E-state index is 8.92. The van der Waals surface area contributed by atoms with Gasteiger partial charge in [-0.3, -0.25) is 0 Å². The third-order valence-corrected chi connectivity index (χ3v) is 2.45. The average molecular weight is 188 g/mol. The van der Waals surface area contributed by atoms with Gasteiger partial charge in [0.2, 0.25) is 0 Å². The van der Waals surface area contributed by atoms with Crippen LogP contribution in [0.2, 0.25) is 0 Å². The molecule has 14 heavy (non-hydrogen) atoms. The molecule has 0 radical (unpaired) electrons. The Morgan fingerprint density at radius 3 is 2.57 bits per heavy atom. The molecule has 1 rings (SSSR count). The first-order chi connectivity index (χ1) is 6.59. The topological polar surface area (TPSA) is 35.8 Å². The lowest BCUT2D eigenvalue weighted by molar-refractivity contribution is 0.422. The van der Waals surface area contributed by atoms with Gasteiger partial charge in [-0.15, -0.1) is 0 Å². The molecule has 0 saturated heterocycles. The highest BCUT2D eigenvalue weighted by molar-refractivity contribution is 5.38. The Bertz CT molecular complexity index is 348. The van der Waals surface area contributed by atoms with E-state index in [1.807, 2.05) is 31.3 Å². The van der Waals surface area contributed by atoms with Gasteiger partial charge in [0.15, 0.2) is 0 Å². The van der Waals surface area contributed by atoms with Crippen LogP contribution in [0.15, 0.2) is 24.3 Å². The maximum Gasteiger partial charge on any atom is 0.0994 e. The quantitative estimate of drug-likeness (QED) is 0.788. The van der Waals surface area contributed by atoms with Crippen LogP contribution in [0.5, 0.6) is 0 Å². The number of benzene rings is 1. The van der Waals surface area contributed by atoms with Crippen LogP contribution in [-0.2, 0) is 6.42 Å². The number of nitrogens with zero attached hydrogens (tertiary/aromatic N) is 1. The summed E-state index contributed by atoms with van der Waals surface area (Å²) in [7, 11) is 1.94. The number of likely N-dealkylation sites (N-methyl/N-ethyl adjacent to an activating group) is 1. The van der Waals surface area contributed by atoms with E-state index in [9.17, 15) is 0 Å². The van der Waals surface area contributed by atoms with Crippen LogP contribution < -0.4 is 5.32 Å². The molecule has 0 amide bonds. The lowest BCUT2D eigenvalue weighted by Crippen LogP contribution is -2.38. The molecule has 1 aromatic rings. The van der Waals surface area contributed by atoms with Crippen molar-refractivity contribution >= 4 is 0 Å². The second-order valence-electron chi connectivity index (χ2n) is 4.08. The van der Waals surface area contributed by atoms with E-state index in [1.54, 1.807) is 0 Å². The molecule has 1 aromatic carbocycles. The predicted molar refractivity (Wildman–Crippen MR) is 58.0 cm³/mol. The molecule has 74 valence electrons. The molecule has 0 spiro atoms. The van der Waals surface area contributed by atoms with Crippen LogP contribution in [0.4, 0.5) is 0 Å². The van der Waals surface area contributed by atoms with Crippen molar-refractivity contribution in [2.45, 2.75) is 25.8 Å². The van der Waals surface area contributed by atoms with Gasteiger partial charge < -0.3 is 5.32 Å². The van der Waals surface area contributed by atoms with E-state index in [1.165, 1.54) is 0 Å². The Labute approximate surface area is 85.6 Å². The summed E-state index contributed by atoms with van der Waals surface area (Å²) in [6, 6.07) is 9.96. The molecule has 0 unspecified atom stereocenters. The second-order valence-corrected chi connectivity index (χ2v) is 4.08. The van der Waals surface area contributed by atoms with E-state index in [-0.39, 0.29) is 5.54 Å². The molecular weight excluding hydrogens is 172 g/mol. The van der Waals surface area contributed by atoms with Gasteiger partial charge in [-0.25, -0.2) is 0 Å². The highest BCUT2D eigenvalue weighted by Gasteiger charge is 2.16. The Balaban J connectivity index is 2.92. The first-order valence-corrected chi connectivity index (χ1v) is 4.76. The minimum Gasteiger partial charge on any atom is -0.314 e. The lowest BCUT2D eigenvalue weighted by atomic mass is 9.92. The maximum absolute atomic E-state index is 8.92. The van der Waals surface area contributed by atoms with E-state index < -0.39 is 0 Å². The van der Waals surface area contributed by atoms with Crippen molar-refractivity contribution in [3.8, 4) is 6.07 Å². The Kier molecular flexibility index (Phi) is 3.27. The van der Waals surface area contributed by atoms with Crippen LogP contribution in [-0.4, -0.2) is 12.6 Å². The van der Waals surface area contributed by atoms with Gasteiger partial charge in [-0.2, -0.15) is 5.26 Å². The van der Waals surface area contributed by atoms with Crippen LogP contribution in [0.3, 0.4) is 0 Å². The van der Waals surface area contributed by atoms with Crippen LogP contribution in [0.25, 0.3) is 0 Å². The van der Waals surface area contributed by atoms with E-state index >= 15 is 0 Å². The van der Waals surface area contributed by atoms with Crippen LogP contribution >= 0.6 is 0 Å². The summed E-state index contributed by atoms with van der Waals surface area (Å²) in [6.45, 7) is 4.25. The highest BCUT2D eigenvalue weighted by atomic mass is 14.9. The van der Waals surface area contributed by atoms with Crippen molar-refractivity contribution in [2.75, 3.05) is 7.05 Å². The second kappa shape index (κ2) is 4.26. The van der Waals surface area contributed by atoms with E-state index in [4.69, 9.17) is 5.26 Å². The van der Waals surface area contributed by atoms with Gasteiger partial charge in [0, 0.05) is 5.54 Å². The highest BCUT2D eigenvalue weighted by Crippen LogP contribution is 2.15. The molecule has 0 aliphatic heterocycles. The van der Waals surface area contributed by atoms with Gasteiger partial charge >= 0.3 is 0 Å². The summed E-state index contributed by atoms with van der Waals surface area (Å²) in [6.07, 6.45) is 0.868. The smallest absolute Gasteiger partial charge is 0.0994 e. The van der Waals surface area contributed by atoms with Crippen molar-refractivity contribution in [2.24, 2.45) is 0 Å². The number of nitrogens with one attached hydrogen (secondary N) is 1. The molecule has 0 bridgehead atoms. The monoisotopic (exact) mass is 188 g/mol. The molecule has 2 nitrogen and oxygen atoms in total. The van der Waals surface area contributed by atoms with Crippen LogP contribution in [0, 0.1) is 11.3 Å². The number of hydrogen-bond donors (Lipinski definition) is 1. The minimum absolute atomic E-state index is 0.0347. The van der Waals surface area contributed by atoms with Gasteiger partial charge in [-0.05, 0) is 38.9 Å². The fourth-order valence-electron chi connectivity index (χ4n) is 1.35. The predicted octanol–water partition coefficient (Wildman–Crippen LogP) is 2.10. The van der Waals surface area contributed by atoms with Crippen molar-refractivity contribution in [1.29, 1.82) is 5.26 Å². The van der Waals surface area contributed by atoms with Crippen molar-refractivity contribution in [1.82, 2.24) is 5.32 Å². The normalized spacial score (nSPS) is 11.0. The van der Waals surface area contributed by atoms with Gasteiger partial charge in [0.1, 0.15) is 0 Å². The third-order valence-electron chi connectivity index (χ3n) is 2.45. The first-order valence-electron chi connectivity index (χ1n) is 4.76. The zero-order valence-electron chi connectivity index (χ0n) is 8.96. The zero-order chi connectivity index (χ0) is 10.6. The molecule has 0 atom stereocenters. The summed E-state index contributed by atoms with van der Waals surface area (Å²) < 4.78 is 0. The van der Waals surface area contributed by atoms with Gasteiger partial charge in [0.05, 0.1) is 11.6 Å². The molecule has 0 aliphatic carbocycles. The summed E-state index contributed by atoms with van der Waals surface area (Å²) in [5.74, 6) is 0. The third kappa shape index (κ3) is 2.58. The van der Waals surface area contributed by atoms with Crippen LogP contribution in [0.1, 0.15) is 25.0 Å². The Hall–Kier alpha value is -1.33. The summed E-state index contributed by atoms with van der Waals surface area (Å²) in [5.41, 5.74) is 1.91. The van der Waals surface area contributed by atoms with E-state index in [0.717, 1.165) is 17.5 Å². The molecule has 0 aliphatic rings. The molecule has 0 aromatic heterocycles. The number of rotatable bonds is 3. The molecule has 0 saturated carbocycles. The largest absolute Gasteiger partial charge is 0.314 e. The molecule has 0 fully saturated rings. The van der Waals surface area contributed by atoms with E-state index in [0.29, 0.717) is 0 Å². The lowest BCUT2D eigenvalue weighted by Gasteiger charge is -2.24. The number of nitriles is 1. The molecular formula is C12H16N2. The summed E-state index contributed by atoms with van der Waals surface area (Å²) in [5, 5.41) is 12.1. The van der Waals surface area contributed by atoms with E-state index in [2.05, 4.69) is 25.2 Å². The Morgan fingerprint density at radius 2 is 2.00 bits per heavy atom. The average Bonchev–Trinajstić information content (AvgIpc) is 2.18. The van der Waals surface area contributed by atoms with Gasteiger partial charge in [0.25, 0.3) is 0 Å². The van der Waals surface area contributed by atoms with Crippen molar-refractivity contribution in [3.63, 3.8) is 0 Å². The van der Waals surface area contributed by atoms with Crippen molar-refractivity contribution in [3.05, 3.63) is 35.4 Å². The molecule has 0 heterocycles. The summed E-state index contributed by atoms with van der Waals surface area (Å²) in [4.78, 5) is 0. The van der Waals surface area contributed by atoms with Gasteiger partial charge in [-0.1, -0.05) is 18.2 Å². The molecule has 1 N–H and O–H groups in total. The van der Waals surface area contributed by atoms with Crippen molar-refractivity contribution < 1.29 is 0 Å². The standard InChI is InChI=1S/C12H16N2/c1-12(2,14-3)8-10-6-4-5-7-11(10)9-13/h4-7,14H,8H2,1-3H3. The number of hydrogen-bond acceptors (Lipinski definition) is 2. The summed E-state index contributed by atoms with van der Waals surface area (Å²) >= 11 is 0. The fraction of sp³-hybridized carbons (Fsp3) is 0.417. The Morgan fingerprint density at radius 1 is 1.36 bits per heavy atom. The minimum atomic E-state index is 0.0347. The first kappa shape index (κ1) is 10.7. The fourth-order valence-corrected chi connectivity index (χ4v) is 1.35. The zero-order valence-corrected chi connectivity index (χ0v) is 8.96. The SMILES string of the molecule is CNC(C)(C)Cc1ccccc1C#N.